The molecule has 0 spiro atoms. The van der Waals surface area contributed by atoms with Gasteiger partial charge in [-0.2, -0.15) is 0 Å². The molecule has 6 heteroatoms. The molecule has 0 amide bonds. The predicted octanol–water partition coefficient (Wildman–Crippen LogP) is 19.4. The lowest BCUT2D eigenvalue weighted by molar-refractivity contribution is -0.166. The van der Waals surface area contributed by atoms with Crippen molar-refractivity contribution >= 4 is 17.9 Å². The minimum Gasteiger partial charge on any atom is -0.462 e. The van der Waals surface area contributed by atoms with Crippen molar-refractivity contribution in [1.29, 1.82) is 0 Å². The molecule has 0 aromatic carbocycles. The van der Waals surface area contributed by atoms with E-state index in [2.05, 4.69) is 63.3 Å². The SMILES string of the molecule is CC/C=C\C/C=C\C/C=C\C/C=C\CCC(=O)OC(COC(=O)CCCCCCCCCCCC)COC(=O)CCCCCCCCCCCCCCCCCCCCCCCCCCCC. The number of hydrogen-bond acceptors (Lipinski definition) is 6. The van der Waals surface area contributed by atoms with Gasteiger partial charge >= 0.3 is 17.9 Å². The second-order valence-corrected chi connectivity index (χ2v) is 19.5. The zero-order valence-electron chi connectivity index (χ0n) is 44.7. The van der Waals surface area contributed by atoms with Gasteiger partial charge in [0.2, 0.25) is 0 Å². The van der Waals surface area contributed by atoms with Gasteiger partial charge in [-0.15, -0.1) is 0 Å². The van der Waals surface area contributed by atoms with Crippen LogP contribution in [0.25, 0.3) is 0 Å². The molecule has 0 rings (SSSR count). The highest BCUT2D eigenvalue weighted by Gasteiger charge is 2.19. The van der Waals surface area contributed by atoms with Gasteiger partial charge in [-0.25, -0.2) is 0 Å². The van der Waals surface area contributed by atoms with Gasteiger partial charge in [0.05, 0.1) is 0 Å². The fourth-order valence-electron chi connectivity index (χ4n) is 8.52. The molecule has 67 heavy (non-hydrogen) atoms. The largest absolute Gasteiger partial charge is 0.462 e. The average Bonchev–Trinajstić information content (AvgIpc) is 3.33. The van der Waals surface area contributed by atoms with Crippen LogP contribution in [0.15, 0.2) is 48.6 Å². The Balaban J connectivity index is 4.17. The standard InChI is InChI=1S/C61H110O6/c1-4-7-10-13-16-19-22-24-25-26-27-28-29-30-31-32-33-34-35-36-38-39-42-45-48-51-54-60(63)66-57-58(56-65-59(62)53-50-47-44-41-21-18-15-12-9-6-3)67-61(64)55-52-49-46-43-40-37-23-20-17-14-11-8-5-2/h8,11,17,20,37,40,46,49,58H,4-7,9-10,12-16,18-19,21-36,38-39,41-45,47-48,50-57H2,1-3H3/b11-8-,20-17-,40-37-,49-46-. The van der Waals surface area contributed by atoms with Crippen LogP contribution in [0.4, 0.5) is 0 Å². The first-order valence-electron chi connectivity index (χ1n) is 29.1. The molecule has 0 aliphatic heterocycles. The highest BCUT2D eigenvalue weighted by atomic mass is 16.6. The first kappa shape index (κ1) is 64.4. The Morgan fingerprint density at radius 2 is 0.582 bits per heavy atom. The Bertz CT molecular complexity index is 1170. The van der Waals surface area contributed by atoms with E-state index in [9.17, 15) is 14.4 Å². The number of esters is 3. The van der Waals surface area contributed by atoms with Crippen LogP contribution < -0.4 is 0 Å². The molecule has 390 valence electrons. The van der Waals surface area contributed by atoms with Crippen molar-refractivity contribution in [3.05, 3.63) is 48.6 Å². The third-order valence-corrected chi connectivity index (χ3v) is 12.9. The molecule has 0 aromatic rings. The van der Waals surface area contributed by atoms with Crippen molar-refractivity contribution in [3.8, 4) is 0 Å². The van der Waals surface area contributed by atoms with Crippen LogP contribution in [0, 0.1) is 0 Å². The fraction of sp³-hybridized carbons (Fsp3) is 0.820. The van der Waals surface area contributed by atoms with Crippen molar-refractivity contribution < 1.29 is 28.6 Å². The van der Waals surface area contributed by atoms with Crippen LogP contribution >= 0.6 is 0 Å². The summed E-state index contributed by atoms with van der Waals surface area (Å²) in [6.45, 7) is 6.48. The molecule has 0 aliphatic carbocycles. The molecule has 0 aliphatic rings. The number of carbonyl (C=O) groups is 3. The Hall–Kier alpha value is -2.63. The fourth-order valence-corrected chi connectivity index (χ4v) is 8.52. The Morgan fingerprint density at radius 3 is 0.881 bits per heavy atom. The highest BCUT2D eigenvalue weighted by Crippen LogP contribution is 2.17. The molecule has 0 aromatic heterocycles. The number of unbranched alkanes of at least 4 members (excludes halogenated alkanes) is 34. The zero-order valence-corrected chi connectivity index (χ0v) is 44.7. The van der Waals surface area contributed by atoms with E-state index in [0.29, 0.717) is 19.3 Å². The molecule has 0 saturated heterocycles. The van der Waals surface area contributed by atoms with Crippen LogP contribution in [-0.4, -0.2) is 37.2 Å². The summed E-state index contributed by atoms with van der Waals surface area (Å²) in [7, 11) is 0. The number of rotatable bonds is 53. The first-order valence-corrected chi connectivity index (χ1v) is 29.1. The van der Waals surface area contributed by atoms with E-state index in [1.54, 1.807) is 0 Å². The number of allylic oxidation sites excluding steroid dienone is 8. The third kappa shape index (κ3) is 54.2. The van der Waals surface area contributed by atoms with E-state index in [0.717, 1.165) is 64.2 Å². The van der Waals surface area contributed by atoms with Crippen LogP contribution in [0.3, 0.4) is 0 Å². The Labute approximate surface area is 416 Å². The lowest BCUT2D eigenvalue weighted by atomic mass is 10.0. The summed E-state index contributed by atoms with van der Waals surface area (Å²) in [5.74, 6) is -0.969. The summed E-state index contributed by atoms with van der Waals surface area (Å²) < 4.78 is 16.7. The van der Waals surface area contributed by atoms with Crippen molar-refractivity contribution in [3.63, 3.8) is 0 Å². The first-order chi connectivity index (χ1) is 33.0. The quantitative estimate of drug-likeness (QED) is 0.0262. The van der Waals surface area contributed by atoms with Gasteiger partial charge in [0.15, 0.2) is 6.10 Å². The van der Waals surface area contributed by atoms with E-state index >= 15 is 0 Å². The van der Waals surface area contributed by atoms with Crippen LogP contribution in [-0.2, 0) is 28.6 Å². The van der Waals surface area contributed by atoms with Gasteiger partial charge in [-0.1, -0.05) is 288 Å². The molecule has 0 fully saturated rings. The molecule has 0 heterocycles. The predicted molar refractivity (Wildman–Crippen MR) is 289 cm³/mol. The van der Waals surface area contributed by atoms with E-state index in [1.165, 1.54) is 193 Å². The van der Waals surface area contributed by atoms with E-state index in [1.807, 2.05) is 6.08 Å². The molecular weight excluding hydrogens is 829 g/mol. The molecule has 0 N–H and O–H groups in total. The summed E-state index contributed by atoms with van der Waals surface area (Å²) in [4.78, 5) is 37.9. The topological polar surface area (TPSA) is 78.9 Å². The molecule has 0 radical (unpaired) electrons. The number of hydrogen-bond donors (Lipinski definition) is 0. The van der Waals surface area contributed by atoms with Gasteiger partial charge in [-0.3, -0.25) is 14.4 Å². The molecular formula is C61H110O6. The van der Waals surface area contributed by atoms with Crippen LogP contribution in [0.1, 0.15) is 303 Å². The zero-order chi connectivity index (χ0) is 48.6. The summed E-state index contributed by atoms with van der Waals surface area (Å²) in [6, 6.07) is 0. The lowest BCUT2D eigenvalue weighted by Gasteiger charge is -2.18. The van der Waals surface area contributed by atoms with Gasteiger partial charge in [0.25, 0.3) is 0 Å². The van der Waals surface area contributed by atoms with Gasteiger partial charge in [-0.05, 0) is 44.9 Å². The van der Waals surface area contributed by atoms with Crippen LogP contribution in [0.2, 0.25) is 0 Å². The Kier molecular flexibility index (Phi) is 53.8. The molecule has 1 atom stereocenters. The maximum atomic E-state index is 12.8. The smallest absolute Gasteiger partial charge is 0.306 e. The summed E-state index contributed by atoms with van der Waals surface area (Å²) in [6.07, 6.45) is 68.6. The van der Waals surface area contributed by atoms with Crippen molar-refractivity contribution in [2.75, 3.05) is 13.2 Å². The molecule has 6 nitrogen and oxygen atoms in total. The van der Waals surface area contributed by atoms with Crippen LogP contribution in [0.5, 0.6) is 0 Å². The van der Waals surface area contributed by atoms with Gasteiger partial charge < -0.3 is 14.2 Å². The Morgan fingerprint density at radius 1 is 0.313 bits per heavy atom. The summed E-state index contributed by atoms with van der Waals surface area (Å²) >= 11 is 0. The molecule has 1 unspecified atom stereocenters. The highest BCUT2D eigenvalue weighted by molar-refractivity contribution is 5.71. The molecule has 0 saturated carbocycles. The van der Waals surface area contributed by atoms with Crippen molar-refractivity contribution in [2.24, 2.45) is 0 Å². The van der Waals surface area contributed by atoms with Gasteiger partial charge in [0, 0.05) is 19.3 Å². The third-order valence-electron chi connectivity index (χ3n) is 12.9. The minimum atomic E-state index is -0.806. The van der Waals surface area contributed by atoms with E-state index < -0.39 is 6.10 Å². The normalized spacial score (nSPS) is 12.3. The molecule has 0 bridgehead atoms. The van der Waals surface area contributed by atoms with E-state index in [-0.39, 0.29) is 37.5 Å². The van der Waals surface area contributed by atoms with Crippen molar-refractivity contribution in [1.82, 2.24) is 0 Å². The van der Waals surface area contributed by atoms with Gasteiger partial charge in [0.1, 0.15) is 13.2 Å². The second kappa shape index (κ2) is 56.0. The number of ether oxygens (including phenoxy) is 3. The maximum Gasteiger partial charge on any atom is 0.306 e. The maximum absolute atomic E-state index is 12.8. The average molecular weight is 940 g/mol. The summed E-state index contributed by atoms with van der Waals surface area (Å²) in [5.41, 5.74) is 0. The minimum absolute atomic E-state index is 0.0977. The monoisotopic (exact) mass is 939 g/mol. The lowest BCUT2D eigenvalue weighted by Crippen LogP contribution is -2.30. The van der Waals surface area contributed by atoms with Crippen molar-refractivity contribution in [2.45, 2.75) is 309 Å². The summed E-state index contributed by atoms with van der Waals surface area (Å²) in [5, 5.41) is 0. The van der Waals surface area contributed by atoms with E-state index in [4.69, 9.17) is 14.2 Å². The second-order valence-electron chi connectivity index (χ2n) is 19.5. The number of carbonyl (C=O) groups excluding carboxylic acids is 3.